The summed E-state index contributed by atoms with van der Waals surface area (Å²) in [6.45, 7) is 6.03. The number of carbonyl (C=O) groups excluding carboxylic acids is 1. The van der Waals surface area contributed by atoms with Crippen molar-refractivity contribution in [3.05, 3.63) is 42.0 Å². The Morgan fingerprint density at radius 3 is 2.58 bits per heavy atom. The Balaban J connectivity index is 1.61. The number of ether oxygens (including phenoxy) is 1. The number of hydrogen-bond acceptors (Lipinski definition) is 3. The number of aliphatic hydroxyl groups is 1. The molecule has 24 heavy (non-hydrogen) atoms. The smallest absolute Gasteiger partial charge is 0.246 e. The van der Waals surface area contributed by atoms with Gasteiger partial charge in [0.1, 0.15) is 0 Å². The van der Waals surface area contributed by atoms with E-state index in [-0.39, 0.29) is 23.5 Å². The highest BCUT2D eigenvalue weighted by molar-refractivity contribution is 5.94. The van der Waals surface area contributed by atoms with Crippen molar-refractivity contribution in [1.82, 2.24) is 4.90 Å². The Kier molecular flexibility index (Phi) is 5.07. The van der Waals surface area contributed by atoms with Crippen LogP contribution in [0.25, 0.3) is 5.57 Å². The summed E-state index contributed by atoms with van der Waals surface area (Å²) in [4.78, 5) is 14.4. The van der Waals surface area contributed by atoms with Crippen molar-refractivity contribution in [2.75, 3.05) is 19.7 Å². The van der Waals surface area contributed by atoms with Crippen molar-refractivity contribution in [1.29, 1.82) is 0 Å². The molecule has 1 heterocycles. The van der Waals surface area contributed by atoms with Gasteiger partial charge in [-0.3, -0.25) is 4.79 Å². The summed E-state index contributed by atoms with van der Waals surface area (Å²) in [5, 5.41) is 10.2. The van der Waals surface area contributed by atoms with Gasteiger partial charge in [-0.2, -0.15) is 0 Å². The van der Waals surface area contributed by atoms with Gasteiger partial charge in [0.2, 0.25) is 5.91 Å². The Morgan fingerprint density at radius 2 is 2.00 bits per heavy atom. The van der Waals surface area contributed by atoms with Crippen LogP contribution in [0.5, 0.6) is 0 Å². The number of allylic oxidation sites excluding steroid dienone is 1. The fraction of sp³-hybridized carbons (Fsp3) is 0.550. The van der Waals surface area contributed by atoms with E-state index in [1.807, 2.05) is 49.1 Å². The summed E-state index contributed by atoms with van der Waals surface area (Å²) in [5.74, 6) is 0.0629. The number of amides is 1. The molecule has 4 nitrogen and oxygen atoms in total. The number of aliphatic hydroxyl groups excluding tert-OH is 1. The van der Waals surface area contributed by atoms with Gasteiger partial charge < -0.3 is 14.7 Å². The zero-order valence-electron chi connectivity index (χ0n) is 14.6. The maximum absolute atomic E-state index is 12.5. The Morgan fingerprint density at radius 1 is 1.33 bits per heavy atom. The molecule has 2 atom stereocenters. The third kappa shape index (κ3) is 3.13. The molecule has 1 N–H and O–H groups in total. The normalized spacial score (nSPS) is 26.3. The molecule has 3 rings (SSSR count). The van der Waals surface area contributed by atoms with Crippen LogP contribution in [0.1, 0.15) is 38.7 Å². The first-order chi connectivity index (χ1) is 11.6. The van der Waals surface area contributed by atoms with Gasteiger partial charge in [0.15, 0.2) is 0 Å². The predicted molar refractivity (Wildman–Crippen MR) is 94.4 cm³/mol. The molecular weight excluding hydrogens is 302 g/mol. The van der Waals surface area contributed by atoms with Gasteiger partial charge in [-0.15, -0.1) is 0 Å². The zero-order valence-corrected chi connectivity index (χ0v) is 14.6. The molecule has 2 aliphatic rings. The molecule has 0 radical (unpaired) electrons. The fourth-order valence-corrected chi connectivity index (χ4v) is 4.02. The first-order valence-electron chi connectivity index (χ1n) is 8.89. The molecule has 1 saturated carbocycles. The van der Waals surface area contributed by atoms with E-state index in [0.29, 0.717) is 19.7 Å². The molecule has 2 fully saturated rings. The minimum absolute atomic E-state index is 0.0629. The summed E-state index contributed by atoms with van der Waals surface area (Å²) < 4.78 is 5.78. The van der Waals surface area contributed by atoms with E-state index in [2.05, 4.69) is 0 Å². The van der Waals surface area contributed by atoms with Crippen molar-refractivity contribution < 1.29 is 14.6 Å². The van der Waals surface area contributed by atoms with Crippen LogP contribution in [-0.4, -0.2) is 47.8 Å². The average molecular weight is 329 g/mol. The maximum Gasteiger partial charge on any atom is 0.246 e. The summed E-state index contributed by atoms with van der Waals surface area (Å²) in [6.07, 6.45) is 3.97. The minimum atomic E-state index is -0.284. The highest BCUT2D eigenvalue weighted by atomic mass is 16.5. The van der Waals surface area contributed by atoms with E-state index < -0.39 is 0 Å². The number of nitrogens with zero attached hydrogens (tertiary/aromatic N) is 1. The molecule has 1 spiro atoms. The van der Waals surface area contributed by atoms with Crippen molar-refractivity contribution >= 4 is 11.5 Å². The molecule has 130 valence electrons. The first kappa shape index (κ1) is 17.2. The number of piperidine rings is 1. The zero-order chi connectivity index (χ0) is 17.2. The van der Waals surface area contributed by atoms with E-state index in [1.165, 1.54) is 0 Å². The Labute approximate surface area is 144 Å². The molecule has 1 aromatic carbocycles. The quantitative estimate of drug-likeness (QED) is 0.864. The number of carbonyl (C=O) groups is 1. The number of benzene rings is 1. The Bertz CT molecular complexity index is 601. The lowest BCUT2D eigenvalue weighted by atomic mass is 9.58. The second kappa shape index (κ2) is 7.08. The van der Waals surface area contributed by atoms with Crippen LogP contribution in [0, 0.1) is 5.41 Å². The molecule has 1 saturated heterocycles. The van der Waals surface area contributed by atoms with Gasteiger partial charge >= 0.3 is 0 Å². The fourth-order valence-electron chi connectivity index (χ4n) is 4.02. The second-order valence-corrected chi connectivity index (χ2v) is 6.95. The highest BCUT2D eigenvalue weighted by Gasteiger charge is 2.56. The minimum Gasteiger partial charge on any atom is -0.392 e. The van der Waals surface area contributed by atoms with Crippen LogP contribution in [0.3, 0.4) is 0 Å². The molecule has 0 aromatic heterocycles. The summed E-state index contributed by atoms with van der Waals surface area (Å²) in [6, 6.07) is 9.96. The lowest BCUT2D eigenvalue weighted by molar-refractivity contribution is -0.209. The van der Waals surface area contributed by atoms with E-state index in [1.54, 1.807) is 6.08 Å². The maximum atomic E-state index is 12.5. The monoisotopic (exact) mass is 329 g/mol. The molecule has 4 heteroatoms. The molecular formula is C20H27NO3. The molecule has 0 bridgehead atoms. The summed E-state index contributed by atoms with van der Waals surface area (Å²) in [7, 11) is 0. The summed E-state index contributed by atoms with van der Waals surface area (Å²) >= 11 is 0. The third-order valence-electron chi connectivity index (χ3n) is 5.69. The van der Waals surface area contributed by atoms with Crippen molar-refractivity contribution in [3.8, 4) is 0 Å². The lowest BCUT2D eigenvalue weighted by Crippen LogP contribution is -2.62. The average Bonchev–Trinajstić information content (AvgIpc) is 2.62. The van der Waals surface area contributed by atoms with Crippen molar-refractivity contribution in [2.24, 2.45) is 5.41 Å². The van der Waals surface area contributed by atoms with Crippen LogP contribution >= 0.6 is 0 Å². The van der Waals surface area contributed by atoms with Crippen LogP contribution in [0.4, 0.5) is 0 Å². The standard InChI is InChI=1S/C20H27NO3/c1-3-24-18-14-17(22)20(18)9-11-21(12-10-20)19(23)13-15(2)16-7-5-4-6-8-16/h4-8,13,17-18,22H,3,9-12,14H2,1-2H3/b15-13-. The Hall–Kier alpha value is -1.65. The number of hydrogen-bond donors (Lipinski definition) is 1. The first-order valence-corrected chi connectivity index (χ1v) is 8.89. The topological polar surface area (TPSA) is 49.8 Å². The number of rotatable bonds is 4. The molecule has 2 unspecified atom stereocenters. The molecule has 1 aliphatic heterocycles. The van der Waals surface area contributed by atoms with Gasteiger partial charge in [-0.25, -0.2) is 0 Å². The van der Waals surface area contributed by atoms with Crippen molar-refractivity contribution in [2.45, 2.75) is 45.3 Å². The van der Waals surface area contributed by atoms with E-state index in [0.717, 1.165) is 30.4 Å². The van der Waals surface area contributed by atoms with Crippen LogP contribution in [0.15, 0.2) is 36.4 Å². The number of likely N-dealkylation sites (tertiary alicyclic amines) is 1. The largest absolute Gasteiger partial charge is 0.392 e. The van der Waals surface area contributed by atoms with Gasteiger partial charge in [0, 0.05) is 37.6 Å². The van der Waals surface area contributed by atoms with Crippen LogP contribution in [-0.2, 0) is 9.53 Å². The second-order valence-electron chi connectivity index (χ2n) is 6.95. The van der Waals surface area contributed by atoms with Crippen molar-refractivity contribution in [3.63, 3.8) is 0 Å². The highest BCUT2D eigenvalue weighted by Crippen LogP contribution is 2.50. The SMILES string of the molecule is CCOC1CC(O)C12CCN(C(=O)/C=C(/C)c1ccccc1)CC2. The van der Waals surface area contributed by atoms with Gasteiger partial charge in [0.05, 0.1) is 12.2 Å². The van der Waals surface area contributed by atoms with Crippen LogP contribution < -0.4 is 0 Å². The van der Waals surface area contributed by atoms with E-state index >= 15 is 0 Å². The van der Waals surface area contributed by atoms with Gasteiger partial charge in [-0.05, 0) is 37.8 Å². The molecule has 1 aliphatic carbocycles. The lowest BCUT2D eigenvalue weighted by Gasteiger charge is -2.56. The molecule has 1 aromatic rings. The third-order valence-corrected chi connectivity index (χ3v) is 5.69. The van der Waals surface area contributed by atoms with E-state index in [9.17, 15) is 9.90 Å². The summed E-state index contributed by atoms with van der Waals surface area (Å²) in [5.41, 5.74) is 1.92. The predicted octanol–water partition coefficient (Wildman–Crippen LogP) is 2.87. The van der Waals surface area contributed by atoms with E-state index in [4.69, 9.17) is 4.74 Å². The van der Waals surface area contributed by atoms with Gasteiger partial charge in [-0.1, -0.05) is 30.3 Å². The molecule has 1 amide bonds. The van der Waals surface area contributed by atoms with Crippen LogP contribution in [0.2, 0.25) is 0 Å². The van der Waals surface area contributed by atoms with Gasteiger partial charge in [0.25, 0.3) is 0 Å².